The minimum Gasteiger partial charge on any atom is -0.313 e. The Morgan fingerprint density at radius 1 is 1.27 bits per heavy atom. The van der Waals surface area contributed by atoms with E-state index in [9.17, 15) is 0 Å². The van der Waals surface area contributed by atoms with Crippen LogP contribution in [0.2, 0.25) is 0 Å². The van der Waals surface area contributed by atoms with Crippen LogP contribution >= 0.6 is 0 Å². The van der Waals surface area contributed by atoms with Crippen LogP contribution in [-0.2, 0) is 0 Å². The fraction of sp³-hybridized carbons (Fsp3) is 0.769. The summed E-state index contributed by atoms with van der Waals surface area (Å²) in [6.45, 7) is 0.951. The first-order chi connectivity index (χ1) is 7.38. The summed E-state index contributed by atoms with van der Waals surface area (Å²) in [7, 11) is 0. The monoisotopic (exact) mass is 204 g/mol. The lowest BCUT2D eigenvalue weighted by atomic mass is 9.96. The molecule has 0 aromatic rings. The number of nitrogens with zero attached hydrogens (tertiary/aromatic N) is 1. The first kappa shape index (κ1) is 12.1. The van der Waals surface area contributed by atoms with Crippen LogP contribution in [0.5, 0.6) is 0 Å². The third-order valence-electron chi connectivity index (χ3n) is 3.09. The molecule has 1 N–H and O–H groups in total. The van der Waals surface area contributed by atoms with Crippen LogP contribution in [0.15, 0.2) is 0 Å². The highest BCUT2D eigenvalue weighted by atomic mass is 14.9. The molecule has 1 fully saturated rings. The van der Waals surface area contributed by atoms with Gasteiger partial charge in [0.25, 0.3) is 0 Å². The topological polar surface area (TPSA) is 35.8 Å². The Morgan fingerprint density at radius 3 is 2.80 bits per heavy atom. The van der Waals surface area contributed by atoms with Crippen LogP contribution in [0, 0.1) is 29.6 Å². The molecule has 1 rings (SSSR count). The zero-order chi connectivity index (χ0) is 10.9. The number of rotatable bonds is 4. The Morgan fingerprint density at radius 2 is 2.07 bits per heavy atom. The largest absolute Gasteiger partial charge is 0.313 e. The molecular formula is C13H20N2. The molecule has 82 valence electrons. The molecule has 0 radical (unpaired) electrons. The van der Waals surface area contributed by atoms with Crippen LogP contribution < -0.4 is 5.32 Å². The lowest BCUT2D eigenvalue weighted by molar-refractivity contribution is 0.394. The van der Waals surface area contributed by atoms with Crippen molar-refractivity contribution in [3.8, 4) is 18.4 Å². The Bertz CT molecular complexity index is 246. The molecular weight excluding hydrogens is 184 g/mol. The van der Waals surface area contributed by atoms with E-state index in [2.05, 4.69) is 17.3 Å². The summed E-state index contributed by atoms with van der Waals surface area (Å²) >= 11 is 0. The minimum absolute atomic E-state index is 0.207. The van der Waals surface area contributed by atoms with E-state index in [-0.39, 0.29) is 5.92 Å². The highest BCUT2D eigenvalue weighted by Crippen LogP contribution is 2.22. The third kappa shape index (κ3) is 4.36. The quantitative estimate of drug-likeness (QED) is 0.434. The van der Waals surface area contributed by atoms with Gasteiger partial charge in [-0.25, -0.2) is 0 Å². The summed E-state index contributed by atoms with van der Waals surface area (Å²) in [5.74, 6) is 2.84. The van der Waals surface area contributed by atoms with E-state index in [1.54, 1.807) is 0 Å². The number of hydrogen-bond donors (Lipinski definition) is 1. The van der Waals surface area contributed by atoms with Gasteiger partial charge in [-0.15, -0.1) is 12.3 Å². The van der Waals surface area contributed by atoms with Crippen molar-refractivity contribution in [3.63, 3.8) is 0 Å². The van der Waals surface area contributed by atoms with Crippen molar-refractivity contribution in [1.82, 2.24) is 5.32 Å². The van der Waals surface area contributed by atoms with Crippen LogP contribution in [-0.4, -0.2) is 12.6 Å². The standard InChI is InChI=1S/C13H20N2/c1-2-3-7-10-15-13-9-6-4-5-8-12(13)11-14/h1,12-13,15H,3-10H2. The molecule has 0 heterocycles. The van der Waals surface area contributed by atoms with Crippen LogP contribution in [0.25, 0.3) is 0 Å². The molecule has 0 aromatic heterocycles. The normalized spacial score (nSPS) is 26.3. The fourth-order valence-corrected chi connectivity index (χ4v) is 2.18. The molecule has 0 amide bonds. The van der Waals surface area contributed by atoms with Gasteiger partial charge < -0.3 is 5.32 Å². The van der Waals surface area contributed by atoms with Crippen molar-refractivity contribution in [2.75, 3.05) is 6.54 Å². The maximum Gasteiger partial charge on any atom is 0.0672 e. The Labute approximate surface area is 93.1 Å². The van der Waals surface area contributed by atoms with Crippen molar-refractivity contribution in [2.45, 2.75) is 51.0 Å². The van der Waals surface area contributed by atoms with Gasteiger partial charge in [0.1, 0.15) is 0 Å². The third-order valence-corrected chi connectivity index (χ3v) is 3.09. The molecule has 1 saturated carbocycles. The number of terminal acetylenes is 1. The molecule has 0 bridgehead atoms. The van der Waals surface area contributed by atoms with Crippen molar-refractivity contribution < 1.29 is 0 Å². The Hall–Kier alpha value is -0.990. The zero-order valence-corrected chi connectivity index (χ0v) is 9.34. The first-order valence-electron chi connectivity index (χ1n) is 5.95. The summed E-state index contributed by atoms with van der Waals surface area (Å²) < 4.78 is 0. The van der Waals surface area contributed by atoms with Gasteiger partial charge in [-0.2, -0.15) is 5.26 Å². The number of nitrogens with one attached hydrogen (secondary N) is 1. The van der Waals surface area contributed by atoms with Crippen LogP contribution in [0.1, 0.15) is 44.9 Å². The average molecular weight is 204 g/mol. The van der Waals surface area contributed by atoms with Crippen LogP contribution in [0.4, 0.5) is 0 Å². The smallest absolute Gasteiger partial charge is 0.0672 e. The van der Waals surface area contributed by atoms with Crippen LogP contribution in [0.3, 0.4) is 0 Å². The first-order valence-corrected chi connectivity index (χ1v) is 5.95. The SMILES string of the molecule is C#CCCCNC1CCCCCC1C#N. The average Bonchev–Trinajstić information content (AvgIpc) is 2.49. The summed E-state index contributed by atoms with van der Waals surface area (Å²) in [5, 5.41) is 12.5. The van der Waals surface area contributed by atoms with E-state index in [4.69, 9.17) is 11.7 Å². The van der Waals surface area contributed by atoms with Gasteiger partial charge in [0.2, 0.25) is 0 Å². The Balaban J connectivity index is 2.29. The van der Waals surface area contributed by atoms with Gasteiger partial charge in [0.05, 0.1) is 12.0 Å². The minimum atomic E-state index is 0.207. The van der Waals surface area contributed by atoms with E-state index in [0.29, 0.717) is 6.04 Å². The number of nitriles is 1. The summed E-state index contributed by atoms with van der Waals surface area (Å²) in [4.78, 5) is 0. The lowest BCUT2D eigenvalue weighted by Gasteiger charge is -2.20. The Kier molecular flexibility index (Phi) is 5.90. The van der Waals surface area contributed by atoms with E-state index in [1.165, 1.54) is 19.3 Å². The molecule has 2 atom stereocenters. The van der Waals surface area contributed by atoms with E-state index < -0.39 is 0 Å². The zero-order valence-electron chi connectivity index (χ0n) is 9.34. The van der Waals surface area contributed by atoms with E-state index in [1.807, 2.05) is 0 Å². The summed E-state index contributed by atoms with van der Waals surface area (Å²) in [6, 6.07) is 2.83. The molecule has 0 spiro atoms. The van der Waals surface area contributed by atoms with Gasteiger partial charge in [-0.05, 0) is 25.8 Å². The van der Waals surface area contributed by atoms with Gasteiger partial charge in [-0.3, -0.25) is 0 Å². The molecule has 15 heavy (non-hydrogen) atoms. The molecule has 0 saturated heterocycles. The van der Waals surface area contributed by atoms with Gasteiger partial charge in [0, 0.05) is 12.5 Å². The maximum atomic E-state index is 9.07. The summed E-state index contributed by atoms with van der Waals surface area (Å²) in [5.41, 5.74) is 0. The fourth-order valence-electron chi connectivity index (χ4n) is 2.18. The van der Waals surface area contributed by atoms with Crippen molar-refractivity contribution in [2.24, 2.45) is 5.92 Å². The highest BCUT2D eigenvalue weighted by molar-refractivity contribution is 4.93. The second kappa shape index (κ2) is 7.32. The molecule has 1 aliphatic rings. The second-order valence-corrected chi connectivity index (χ2v) is 4.24. The molecule has 1 aliphatic carbocycles. The van der Waals surface area contributed by atoms with Crippen molar-refractivity contribution in [3.05, 3.63) is 0 Å². The van der Waals surface area contributed by atoms with E-state index in [0.717, 1.165) is 32.2 Å². The molecule has 0 aromatic carbocycles. The van der Waals surface area contributed by atoms with Gasteiger partial charge >= 0.3 is 0 Å². The molecule has 2 nitrogen and oxygen atoms in total. The van der Waals surface area contributed by atoms with Gasteiger partial charge in [0.15, 0.2) is 0 Å². The lowest BCUT2D eigenvalue weighted by Crippen LogP contribution is -2.35. The second-order valence-electron chi connectivity index (χ2n) is 4.24. The number of unbranched alkanes of at least 4 members (excludes halogenated alkanes) is 1. The van der Waals surface area contributed by atoms with E-state index >= 15 is 0 Å². The van der Waals surface area contributed by atoms with Crippen molar-refractivity contribution >= 4 is 0 Å². The maximum absolute atomic E-state index is 9.07. The molecule has 2 heteroatoms. The highest BCUT2D eigenvalue weighted by Gasteiger charge is 2.22. The van der Waals surface area contributed by atoms with Gasteiger partial charge in [-0.1, -0.05) is 19.3 Å². The predicted octanol–water partition coefficient (Wildman–Crippen LogP) is 2.46. The molecule has 2 unspecified atom stereocenters. The molecule has 0 aliphatic heterocycles. The van der Waals surface area contributed by atoms with Crippen molar-refractivity contribution in [1.29, 1.82) is 5.26 Å². The number of hydrogen-bond acceptors (Lipinski definition) is 2. The summed E-state index contributed by atoms with van der Waals surface area (Å²) in [6.07, 6.45) is 13.0. The predicted molar refractivity (Wildman–Crippen MR) is 62.0 cm³/mol.